The summed E-state index contributed by atoms with van der Waals surface area (Å²) in [6.45, 7) is 13.7. The van der Waals surface area contributed by atoms with Crippen molar-refractivity contribution >= 4 is 58.7 Å². The van der Waals surface area contributed by atoms with E-state index in [1.54, 1.807) is 0 Å². The molecule has 0 amide bonds. The van der Waals surface area contributed by atoms with Gasteiger partial charge in [-0.05, 0) is 104 Å². The van der Waals surface area contributed by atoms with Gasteiger partial charge in [-0.2, -0.15) is 0 Å². The molecule has 0 unspecified atom stereocenters. The third kappa shape index (κ3) is 7.84. The first-order valence-electron chi connectivity index (χ1n) is 20.6. The molecule has 3 saturated heterocycles. The van der Waals surface area contributed by atoms with Gasteiger partial charge < -0.3 is 37.9 Å². The summed E-state index contributed by atoms with van der Waals surface area (Å²) in [5.74, 6) is -0.0914. The Labute approximate surface area is 345 Å². The highest BCUT2D eigenvalue weighted by Gasteiger charge is 2.69. The maximum atomic E-state index is 13.0. The largest absolute Gasteiger partial charge is 0.463 e. The van der Waals surface area contributed by atoms with Crippen molar-refractivity contribution in [2.75, 3.05) is 13.2 Å². The maximum absolute atomic E-state index is 13.0. The van der Waals surface area contributed by atoms with Crippen molar-refractivity contribution in [2.24, 2.45) is 52.3 Å². The second kappa shape index (κ2) is 15.9. The van der Waals surface area contributed by atoms with Crippen LogP contribution in [0.4, 0.5) is 0 Å². The summed E-state index contributed by atoms with van der Waals surface area (Å²) < 4.78 is 46.1. The van der Waals surface area contributed by atoms with Crippen LogP contribution in [0.15, 0.2) is 0 Å². The number of carbonyl (C=O) groups excluding carboxylic acids is 4. The van der Waals surface area contributed by atoms with Gasteiger partial charge in [-0.3, -0.25) is 14.4 Å². The molecule has 17 atom stereocenters. The van der Waals surface area contributed by atoms with Crippen LogP contribution in [0, 0.1) is 52.3 Å². The van der Waals surface area contributed by atoms with Crippen molar-refractivity contribution in [3.63, 3.8) is 0 Å². The van der Waals surface area contributed by atoms with E-state index in [0.29, 0.717) is 47.8 Å². The zero-order valence-corrected chi connectivity index (χ0v) is 35.9. The monoisotopic (exact) mass is 848 g/mol. The molecule has 0 aromatic heterocycles. The molecule has 3 heterocycles. The zero-order valence-electron chi connectivity index (χ0n) is 33.6. The van der Waals surface area contributed by atoms with Crippen molar-refractivity contribution in [1.82, 2.24) is 0 Å². The van der Waals surface area contributed by atoms with E-state index >= 15 is 0 Å². The predicted molar refractivity (Wildman–Crippen MR) is 203 cm³/mol. The lowest BCUT2D eigenvalue weighted by molar-refractivity contribution is -0.321. The van der Waals surface area contributed by atoms with Gasteiger partial charge in [0.2, 0.25) is 0 Å². The van der Waals surface area contributed by atoms with Gasteiger partial charge in [0.15, 0.2) is 30.4 Å². The van der Waals surface area contributed by atoms with Gasteiger partial charge in [0.25, 0.3) is 3.79 Å². The molecule has 0 aromatic rings. The van der Waals surface area contributed by atoms with E-state index in [1.165, 1.54) is 19.8 Å². The van der Waals surface area contributed by atoms with E-state index in [9.17, 15) is 19.2 Å². The van der Waals surface area contributed by atoms with Gasteiger partial charge in [0.05, 0.1) is 18.8 Å². The molecule has 56 heavy (non-hydrogen) atoms. The number of halogens is 3. The lowest BCUT2D eigenvalue weighted by Crippen LogP contribution is -2.64. The van der Waals surface area contributed by atoms with E-state index in [2.05, 4.69) is 27.7 Å². The first-order chi connectivity index (χ1) is 26.3. The Kier molecular flexibility index (Phi) is 12.1. The normalized spacial score (nSPS) is 47.1. The summed E-state index contributed by atoms with van der Waals surface area (Å²) in [7, 11) is 0. The van der Waals surface area contributed by atoms with Crippen molar-refractivity contribution < 1.29 is 57.1 Å². The number of fused-ring (bicyclic) bond motifs is 7. The Morgan fingerprint density at radius 2 is 1.46 bits per heavy atom. The number of alkyl halides is 3. The van der Waals surface area contributed by atoms with Crippen LogP contribution in [-0.4, -0.2) is 89.6 Å². The Bertz CT molecular complexity index is 1510. The van der Waals surface area contributed by atoms with E-state index in [1.807, 2.05) is 0 Å². The molecule has 7 aliphatic rings. The van der Waals surface area contributed by atoms with E-state index < -0.39 is 64.2 Å². The van der Waals surface area contributed by atoms with Crippen molar-refractivity contribution in [2.45, 2.75) is 165 Å². The van der Waals surface area contributed by atoms with Gasteiger partial charge in [0, 0.05) is 33.1 Å². The fourth-order valence-electron chi connectivity index (χ4n) is 12.8. The molecule has 4 aliphatic carbocycles. The molecule has 7 fully saturated rings. The van der Waals surface area contributed by atoms with Crippen LogP contribution in [-0.2, 0) is 57.1 Å². The molecule has 1 spiro atoms. The van der Waals surface area contributed by atoms with Crippen LogP contribution < -0.4 is 0 Å². The molecule has 4 saturated carbocycles. The second-order valence-corrected chi connectivity index (χ2v) is 20.8. The average molecular weight is 850 g/mol. The summed E-state index contributed by atoms with van der Waals surface area (Å²) in [5.41, 5.74) is 0.346. The SMILES string of the molecule is CC(=O)OC[C@H]1O[C@@H](O[C@H]2CC[C@@]3(C)[C@H](CC[C@@H]4[C@@H]3CC[C@]3(C)[C@@H]5[C@H](C[C@@H]43)O[C@]3(CC[C@H](C)CO3)[C@H]5C)C2)[C@H](OC(=O)C(Cl)(Cl)Cl)[C@@H](OC(C)=O)[C@H]1OC(C)=O. The van der Waals surface area contributed by atoms with Crippen LogP contribution in [0.3, 0.4) is 0 Å². The number of esters is 4. The number of hydrogen-bond acceptors (Lipinski definition) is 12. The lowest BCUT2D eigenvalue weighted by atomic mass is 9.44. The third-order valence-electron chi connectivity index (χ3n) is 15.3. The van der Waals surface area contributed by atoms with Gasteiger partial charge in [-0.15, -0.1) is 0 Å². The third-order valence-corrected chi connectivity index (χ3v) is 15.8. The summed E-state index contributed by atoms with van der Waals surface area (Å²) in [6, 6.07) is 0. The molecular weight excluding hydrogens is 791 g/mol. The standard InChI is InChI=1S/C41H59Cl3O12/c1-20-10-15-40(50-18-20)21(2)32-30(56-40)17-29-27-9-8-25-16-26(11-13-38(25,6)28(27)12-14-39(29,32)7)53-36-35(55-37(48)41(42,43)44)34(52-24(5)47)33(51-23(4)46)31(54-36)19-49-22(3)45/h20-21,25-36H,8-19H2,1-7H3/t20-,21-,25+,26-,27+,28-,29-,30-,31+,32-,33-,34-,35+,36+,38-,39-,40+/m0/s1. The summed E-state index contributed by atoms with van der Waals surface area (Å²) in [4.78, 5) is 49.5. The van der Waals surface area contributed by atoms with Crippen molar-refractivity contribution in [3.8, 4) is 0 Å². The molecule has 12 nitrogen and oxygen atoms in total. The molecule has 7 rings (SSSR count). The number of hydrogen-bond donors (Lipinski definition) is 0. The highest BCUT2D eigenvalue weighted by molar-refractivity contribution is 6.75. The number of carbonyl (C=O) groups is 4. The molecule has 0 N–H and O–H groups in total. The van der Waals surface area contributed by atoms with E-state index in [-0.39, 0.29) is 29.6 Å². The van der Waals surface area contributed by atoms with Crippen LogP contribution in [0.25, 0.3) is 0 Å². The zero-order chi connectivity index (χ0) is 40.5. The molecule has 0 aromatic carbocycles. The van der Waals surface area contributed by atoms with Crippen LogP contribution in [0.5, 0.6) is 0 Å². The van der Waals surface area contributed by atoms with Crippen molar-refractivity contribution in [1.29, 1.82) is 0 Å². The maximum Gasteiger partial charge on any atom is 0.359 e. The average Bonchev–Trinajstić information content (AvgIpc) is 3.56. The van der Waals surface area contributed by atoms with E-state index in [4.69, 9.17) is 72.7 Å². The fraction of sp³-hybridized carbons (Fsp3) is 0.902. The van der Waals surface area contributed by atoms with Crippen molar-refractivity contribution in [3.05, 3.63) is 0 Å². The van der Waals surface area contributed by atoms with Crippen LogP contribution >= 0.6 is 34.8 Å². The van der Waals surface area contributed by atoms with E-state index in [0.717, 1.165) is 65.4 Å². The first kappa shape index (κ1) is 42.7. The highest BCUT2D eigenvalue weighted by Crippen LogP contribution is 2.71. The predicted octanol–water partition coefficient (Wildman–Crippen LogP) is 7.25. The smallest absolute Gasteiger partial charge is 0.359 e. The molecule has 15 heteroatoms. The minimum absolute atomic E-state index is 0.117. The highest BCUT2D eigenvalue weighted by atomic mass is 35.6. The summed E-state index contributed by atoms with van der Waals surface area (Å²) in [5, 5.41) is 0. The van der Waals surface area contributed by atoms with Gasteiger partial charge >= 0.3 is 23.9 Å². The Hall–Kier alpha value is -1.41. The first-order valence-corrected chi connectivity index (χ1v) is 21.8. The lowest BCUT2D eigenvalue weighted by Gasteiger charge is -2.61. The summed E-state index contributed by atoms with van der Waals surface area (Å²) in [6.07, 6.45) is 3.44. The Balaban J connectivity index is 1.08. The molecule has 3 aliphatic heterocycles. The molecular formula is C41H59Cl3O12. The van der Waals surface area contributed by atoms with Gasteiger partial charge in [0.1, 0.15) is 12.7 Å². The molecule has 0 radical (unpaired) electrons. The Morgan fingerprint density at radius 1 is 0.768 bits per heavy atom. The quantitative estimate of drug-likeness (QED) is 0.110. The second-order valence-electron chi connectivity index (χ2n) is 18.6. The number of ether oxygens (including phenoxy) is 8. The fourth-order valence-corrected chi connectivity index (χ4v) is 13.0. The molecule has 316 valence electrons. The van der Waals surface area contributed by atoms with Crippen LogP contribution in [0.1, 0.15) is 113 Å². The minimum Gasteiger partial charge on any atom is -0.463 e. The number of rotatable bonds is 7. The van der Waals surface area contributed by atoms with Crippen LogP contribution in [0.2, 0.25) is 0 Å². The van der Waals surface area contributed by atoms with Gasteiger partial charge in [-0.25, -0.2) is 4.79 Å². The topological polar surface area (TPSA) is 142 Å². The Morgan fingerprint density at radius 3 is 2.11 bits per heavy atom. The van der Waals surface area contributed by atoms with Gasteiger partial charge in [-0.1, -0.05) is 62.5 Å². The summed E-state index contributed by atoms with van der Waals surface area (Å²) >= 11 is 17.7. The molecule has 0 bridgehead atoms. The minimum atomic E-state index is -2.48.